The molecule has 0 unspecified atom stereocenters. The first kappa shape index (κ1) is 12.7. The SMILES string of the molecule is Cc1cc(N)nc(CN2CCCOc3ccccc32)n1. The maximum Gasteiger partial charge on any atom is 0.150 e. The summed E-state index contributed by atoms with van der Waals surface area (Å²) in [6.45, 7) is 4.24. The molecular weight excluding hydrogens is 252 g/mol. The monoisotopic (exact) mass is 270 g/mol. The second kappa shape index (κ2) is 5.36. The number of rotatable bonds is 2. The Hall–Kier alpha value is -2.30. The van der Waals surface area contributed by atoms with Gasteiger partial charge in [-0.05, 0) is 25.5 Å². The number of hydrogen-bond acceptors (Lipinski definition) is 5. The Morgan fingerprint density at radius 2 is 2.15 bits per heavy atom. The van der Waals surface area contributed by atoms with E-state index in [0.717, 1.165) is 42.5 Å². The van der Waals surface area contributed by atoms with Crippen molar-refractivity contribution in [1.29, 1.82) is 0 Å². The molecule has 0 fully saturated rings. The summed E-state index contributed by atoms with van der Waals surface area (Å²) in [7, 11) is 0. The van der Waals surface area contributed by atoms with Gasteiger partial charge in [-0.1, -0.05) is 12.1 Å². The number of nitrogens with two attached hydrogens (primary N) is 1. The van der Waals surface area contributed by atoms with Crippen molar-refractivity contribution in [3.8, 4) is 5.75 Å². The minimum Gasteiger partial charge on any atom is -0.491 e. The van der Waals surface area contributed by atoms with Gasteiger partial charge in [-0.3, -0.25) is 0 Å². The van der Waals surface area contributed by atoms with Crippen LogP contribution in [0.5, 0.6) is 5.75 Å². The van der Waals surface area contributed by atoms with Gasteiger partial charge in [-0.2, -0.15) is 0 Å². The second-order valence-electron chi connectivity index (χ2n) is 4.94. The van der Waals surface area contributed by atoms with Crippen LogP contribution in [-0.4, -0.2) is 23.1 Å². The molecule has 0 atom stereocenters. The lowest BCUT2D eigenvalue weighted by molar-refractivity contribution is 0.322. The van der Waals surface area contributed by atoms with E-state index >= 15 is 0 Å². The van der Waals surface area contributed by atoms with Crippen LogP contribution in [0.2, 0.25) is 0 Å². The number of aryl methyl sites for hydroxylation is 1. The molecule has 0 amide bonds. The van der Waals surface area contributed by atoms with E-state index in [4.69, 9.17) is 10.5 Å². The molecule has 2 aromatic rings. The van der Waals surface area contributed by atoms with Crippen molar-refractivity contribution < 1.29 is 4.74 Å². The van der Waals surface area contributed by atoms with Crippen LogP contribution in [0.15, 0.2) is 30.3 Å². The maximum atomic E-state index is 5.80. The number of anilines is 2. The molecule has 1 aliphatic rings. The molecule has 0 saturated heterocycles. The van der Waals surface area contributed by atoms with Gasteiger partial charge in [0.25, 0.3) is 0 Å². The molecule has 0 radical (unpaired) electrons. The van der Waals surface area contributed by atoms with Crippen LogP contribution in [0.3, 0.4) is 0 Å². The summed E-state index contributed by atoms with van der Waals surface area (Å²) < 4.78 is 5.76. The number of ether oxygens (including phenoxy) is 1. The fraction of sp³-hybridized carbons (Fsp3) is 0.333. The van der Waals surface area contributed by atoms with Gasteiger partial charge in [0.1, 0.15) is 17.4 Å². The van der Waals surface area contributed by atoms with Crippen LogP contribution in [-0.2, 0) is 6.54 Å². The van der Waals surface area contributed by atoms with Crippen molar-refractivity contribution in [2.75, 3.05) is 23.8 Å². The van der Waals surface area contributed by atoms with E-state index in [1.54, 1.807) is 6.07 Å². The fourth-order valence-electron chi connectivity index (χ4n) is 2.46. The molecule has 3 rings (SSSR count). The van der Waals surface area contributed by atoms with E-state index in [9.17, 15) is 0 Å². The molecule has 2 N–H and O–H groups in total. The average Bonchev–Trinajstić information content (AvgIpc) is 2.61. The number of para-hydroxylation sites is 2. The lowest BCUT2D eigenvalue weighted by Crippen LogP contribution is -2.24. The molecule has 0 spiro atoms. The Labute approximate surface area is 118 Å². The minimum atomic E-state index is 0.520. The lowest BCUT2D eigenvalue weighted by Gasteiger charge is -2.23. The molecule has 20 heavy (non-hydrogen) atoms. The third kappa shape index (κ3) is 2.66. The van der Waals surface area contributed by atoms with Crippen molar-refractivity contribution in [3.63, 3.8) is 0 Å². The first-order chi connectivity index (χ1) is 9.72. The summed E-state index contributed by atoms with van der Waals surface area (Å²) in [6.07, 6.45) is 0.982. The molecule has 0 bridgehead atoms. The van der Waals surface area contributed by atoms with Crippen LogP contribution in [0.25, 0.3) is 0 Å². The van der Waals surface area contributed by atoms with Crippen LogP contribution in [0.1, 0.15) is 17.9 Å². The van der Waals surface area contributed by atoms with Crippen molar-refractivity contribution in [2.24, 2.45) is 0 Å². The Balaban J connectivity index is 1.90. The zero-order chi connectivity index (χ0) is 13.9. The van der Waals surface area contributed by atoms with Gasteiger partial charge >= 0.3 is 0 Å². The van der Waals surface area contributed by atoms with Crippen LogP contribution >= 0.6 is 0 Å². The number of nitrogen functional groups attached to an aromatic ring is 1. The molecule has 1 aliphatic heterocycles. The Kier molecular flexibility index (Phi) is 3.41. The van der Waals surface area contributed by atoms with E-state index in [1.807, 2.05) is 25.1 Å². The van der Waals surface area contributed by atoms with Crippen molar-refractivity contribution in [1.82, 2.24) is 9.97 Å². The van der Waals surface area contributed by atoms with Crippen LogP contribution < -0.4 is 15.4 Å². The highest BCUT2D eigenvalue weighted by molar-refractivity contribution is 5.58. The van der Waals surface area contributed by atoms with Crippen molar-refractivity contribution in [2.45, 2.75) is 19.9 Å². The zero-order valence-corrected chi connectivity index (χ0v) is 11.5. The van der Waals surface area contributed by atoms with Gasteiger partial charge in [-0.15, -0.1) is 0 Å². The number of hydrogen-bond donors (Lipinski definition) is 1. The molecule has 1 aromatic carbocycles. The summed E-state index contributed by atoms with van der Waals surface area (Å²) >= 11 is 0. The summed E-state index contributed by atoms with van der Waals surface area (Å²) in [6, 6.07) is 9.86. The average molecular weight is 270 g/mol. The van der Waals surface area contributed by atoms with Crippen molar-refractivity contribution >= 4 is 11.5 Å². The zero-order valence-electron chi connectivity index (χ0n) is 11.5. The third-order valence-electron chi connectivity index (χ3n) is 3.29. The number of nitrogens with zero attached hydrogens (tertiary/aromatic N) is 3. The smallest absolute Gasteiger partial charge is 0.150 e. The van der Waals surface area contributed by atoms with Gasteiger partial charge in [0.15, 0.2) is 0 Å². The predicted molar refractivity (Wildman–Crippen MR) is 78.8 cm³/mol. The summed E-state index contributed by atoms with van der Waals surface area (Å²) in [4.78, 5) is 11.0. The molecule has 0 aliphatic carbocycles. The first-order valence-corrected chi connectivity index (χ1v) is 6.79. The van der Waals surface area contributed by atoms with Gasteiger partial charge in [-0.25, -0.2) is 9.97 Å². The molecule has 104 valence electrons. The molecule has 1 aromatic heterocycles. The van der Waals surface area contributed by atoms with Gasteiger partial charge in [0.05, 0.1) is 18.8 Å². The lowest BCUT2D eigenvalue weighted by atomic mass is 10.2. The van der Waals surface area contributed by atoms with Crippen LogP contribution in [0, 0.1) is 6.92 Å². The van der Waals surface area contributed by atoms with Gasteiger partial charge < -0.3 is 15.4 Å². The summed E-state index contributed by atoms with van der Waals surface area (Å²) in [5.74, 6) is 2.19. The Morgan fingerprint density at radius 1 is 1.30 bits per heavy atom. The molecule has 0 saturated carbocycles. The predicted octanol–water partition coefficient (Wildman–Crippen LogP) is 2.16. The fourth-order valence-corrected chi connectivity index (χ4v) is 2.46. The summed E-state index contributed by atoms with van der Waals surface area (Å²) in [5.41, 5.74) is 7.78. The normalized spacial score (nSPS) is 14.3. The van der Waals surface area contributed by atoms with E-state index in [1.165, 1.54) is 0 Å². The highest BCUT2D eigenvalue weighted by Crippen LogP contribution is 2.31. The number of aromatic nitrogens is 2. The number of fused-ring (bicyclic) bond motifs is 1. The molecule has 2 heterocycles. The summed E-state index contributed by atoms with van der Waals surface area (Å²) in [5, 5.41) is 0. The Bertz CT molecular complexity index is 594. The van der Waals surface area contributed by atoms with Crippen LogP contribution in [0.4, 0.5) is 11.5 Å². The Morgan fingerprint density at radius 3 is 3.00 bits per heavy atom. The topological polar surface area (TPSA) is 64.3 Å². The highest BCUT2D eigenvalue weighted by atomic mass is 16.5. The number of benzene rings is 1. The van der Waals surface area contributed by atoms with E-state index in [0.29, 0.717) is 12.4 Å². The minimum absolute atomic E-state index is 0.520. The largest absolute Gasteiger partial charge is 0.491 e. The quantitative estimate of drug-likeness (QED) is 0.906. The van der Waals surface area contributed by atoms with E-state index < -0.39 is 0 Å². The highest BCUT2D eigenvalue weighted by Gasteiger charge is 2.17. The third-order valence-corrected chi connectivity index (χ3v) is 3.29. The second-order valence-corrected chi connectivity index (χ2v) is 4.94. The first-order valence-electron chi connectivity index (χ1n) is 6.79. The molecule has 5 nitrogen and oxygen atoms in total. The van der Waals surface area contributed by atoms with Gasteiger partial charge in [0, 0.05) is 18.3 Å². The molecule has 5 heteroatoms. The van der Waals surface area contributed by atoms with E-state index in [-0.39, 0.29) is 0 Å². The van der Waals surface area contributed by atoms with E-state index in [2.05, 4.69) is 20.9 Å². The standard InChI is InChI=1S/C15H18N4O/c1-11-9-14(16)18-15(17-11)10-19-7-4-8-20-13-6-3-2-5-12(13)19/h2-3,5-6,9H,4,7-8,10H2,1H3,(H2,16,17,18). The van der Waals surface area contributed by atoms with Gasteiger partial charge in [0.2, 0.25) is 0 Å². The van der Waals surface area contributed by atoms with Crippen molar-refractivity contribution in [3.05, 3.63) is 41.9 Å². The molecular formula is C15H18N4O. The maximum absolute atomic E-state index is 5.80.